The first-order chi connectivity index (χ1) is 11.9. The van der Waals surface area contributed by atoms with Crippen molar-refractivity contribution >= 4 is 17.4 Å². The van der Waals surface area contributed by atoms with Gasteiger partial charge in [-0.25, -0.2) is 0 Å². The summed E-state index contributed by atoms with van der Waals surface area (Å²) >= 11 is 0. The molecule has 1 aliphatic rings. The molecule has 2 aromatic rings. The lowest BCUT2D eigenvalue weighted by Crippen LogP contribution is -2.30. The van der Waals surface area contributed by atoms with Crippen molar-refractivity contribution in [2.24, 2.45) is 0 Å². The number of para-hydroxylation sites is 1. The van der Waals surface area contributed by atoms with Crippen LogP contribution in [-0.4, -0.2) is 29.2 Å². The fourth-order valence-electron chi connectivity index (χ4n) is 3.17. The van der Waals surface area contributed by atoms with E-state index in [2.05, 4.69) is 41.2 Å². The number of aromatic nitrogens is 2. The maximum atomic E-state index is 12.6. The van der Waals surface area contributed by atoms with Crippen molar-refractivity contribution in [1.29, 1.82) is 0 Å². The molecule has 1 saturated heterocycles. The van der Waals surface area contributed by atoms with Gasteiger partial charge in [-0.15, -0.1) is 10.2 Å². The molecule has 5 heteroatoms. The van der Waals surface area contributed by atoms with Gasteiger partial charge in [-0.1, -0.05) is 39.0 Å². The van der Waals surface area contributed by atoms with E-state index in [0.29, 0.717) is 5.69 Å². The third kappa shape index (κ3) is 4.16. The molecule has 132 valence electrons. The minimum Gasteiger partial charge on any atom is -0.355 e. The topological polar surface area (TPSA) is 58.1 Å². The Hall–Kier alpha value is -2.43. The first-order valence-electron chi connectivity index (χ1n) is 8.95. The van der Waals surface area contributed by atoms with Crippen LogP contribution in [0.4, 0.5) is 11.5 Å². The molecule has 1 aliphatic heterocycles. The summed E-state index contributed by atoms with van der Waals surface area (Å²) in [7, 11) is 0. The van der Waals surface area contributed by atoms with Gasteiger partial charge in [0.15, 0.2) is 11.5 Å². The summed E-state index contributed by atoms with van der Waals surface area (Å²) in [6.07, 6.45) is 3.65. The fraction of sp³-hybridized carbons (Fsp3) is 0.450. The maximum Gasteiger partial charge on any atom is 0.276 e. The van der Waals surface area contributed by atoms with E-state index in [-0.39, 0.29) is 11.3 Å². The molecule has 3 rings (SSSR count). The molecule has 0 atom stereocenters. The zero-order valence-corrected chi connectivity index (χ0v) is 15.2. The molecule has 25 heavy (non-hydrogen) atoms. The molecule has 1 amide bonds. The molecule has 1 fully saturated rings. The maximum absolute atomic E-state index is 12.6. The van der Waals surface area contributed by atoms with E-state index < -0.39 is 0 Å². The fourth-order valence-corrected chi connectivity index (χ4v) is 3.17. The largest absolute Gasteiger partial charge is 0.355 e. The van der Waals surface area contributed by atoms with Crippen LogP contribution >= 0.6 is 0 Å². The predicted molar refractivity (Wildman–Crippen MR) is 101 cm³/mol. The standard InChI is InChI=1S/C20H26N4O/c1-20(2,3)15-9-5-6-10-16(15)21-19(25)17-11-12-18(23-22-17)24-13-7-4-8-14-24/h5-6,9-12H,4,7-8,13-14H2,1-3H3,(H,21,25). The Balaban J connectivity index is 1.74. The van der Waals surface area contributed by atoms with Gasteiger partial charge in [-0.2, -0.15) is 0 Å². The van der Waals surface area contributed by atoms with Gasteiger partial charge < -0.3 is 10.2 Å². The summed E-state index contributed by atoms with van der Waals surface area (Å²) in [4.78, 5) is 14.8. The highest BCUT2D eigenvalue weighted by Crippen LogP contribution is 2.29. The summed E-state index contributed by atoms with van der Waals surface area (Å²) in [5, 5.41) is 11.4. The average molecular weight is 338 g/mol. The third-order valence-corrected chi connectivity index (χ3v) is 4.55. The van der Waals surface area contributed by atoms with Gasteiger partial charge in [0.1, 0.15) is 0 Å². The summed E-state index contributed by atoms with van der Waals surface area (Å²) in [6, 6.07) is 11.5. The number of benzene rings is 1. The Morgan fingerprint density at radius 2 is 1.72 bits per heavy atom. The highest BCUT2D eigenvalue weighted by Gasteiger charge is 2.20. The summed E-state index contributed by atoms with van der Waals surface area (Å²) in [5.74, 6) is 0.626. The Kier molecular flexibility index (Phi) is 5.02. The van der Waals surface area contributed by atoms with Gasteiger partial charge in [-0.3, -0.25) is 4.79 Å². The van der Waals surface area contributed by atoms with Crippen molar-refractivity contribution < 1.29 is 4.79 Å². The third-order valence-electron chi connectivity index (χ3n) is 4.55. The number of piperidine rings is 1. The molecule has 1 aromatic heterocycles. The van der Waals surface area contributed by atoms with Gasteiger partial charge in [-0.05, 0) is 48.4 Å². The Morgan fingerprint density at radius 1 is 1.00 bits per heavy atom. The molecule has 0 aliphatic carbocycles. The molecule has 1 N–H and O–H groups in total. The molecule has 1 aromatic carbocycles. The second kappa shape index (κ2) is 7.21. The summed E-state index contributed by atoms with van der Waals surface area (Å²) in [5.41, 5.74) is 2.21. The first kappa shape index (κ1) is 17.4. The number of rotatable bonds is 3. The van der Waals surface area contributed by atoms with Crippen molar-refractivity contribution in [3.8, 4) is 0 Å². The lowest BCUT2D eigenvalue weighted by molar-refractivity contribution is 0.102. The molecular formula is C20H26N4O. The highest BCUT2D eigenvalue weighted by atomic mass is 16.1. The molecule has 0 unspecified atom stereocenters. The quantitative estimate of drug-likeness (QED) is 0.918. The molecule has 0 radical (unpaired) electrons. The lowest BCUT2D eigenvalue weighted by atomic mass is 9.86. The van der Waals surface area contributed by atoms with Crippen molar-refractivity contribution in [1.82, 2.24) is 10.2 Å². The Labute approximate surface area is 149 Å². The van der Waals surface area contributed by atoms with Crippen molar-refractivity contribution in [3.63, 3.8) is 0 Å². The van der Waals surface area contributed by atoms with Crippen LogP contribution in [0.25, 0.3) is 0 Å². The molecule has 5 nitrogen and oxygen atoms in total. The molecular weight excluding hydrogens is 312 g/mol. The molecule has 0 bridgehead atoms. The molecule has 0 spiro atoms. The number of carbonyl (C=O) groups excluding carboxylic acids is 1. The number of nitrogens with zero attached hydrogens (tertiary/aromatic N) is 3. The monoisotopic (exact) mass is 338 g/mol. The van der Waals surface area contributed by atoms with Crippen LogP contribution in [-0.2, 0) is 5.41 Å². The summed E-state index contributed by atoms with van der Waals surface area (Å²) < 4.78 is 0. The van der Waals surface area contributed by atoms with Crippen LogP contribution in [0.5, 0.6) is 0 Å². The SMILES string of the molecule is CC(C)(C)c1ccccc1NC(=O)c1ccc(N2CCCCC2)nn1. The minimum absolute atomic E-state index is 0.0479. The van der Waals surface area contributed by atoms with Crippen LogP contribution in [0.1, 0.15) is 56.1 Å². The summed E-state index contributed by atoms with van der Waals surface area (Å²) in [6.45, 7) is 8.42. The van der Waals surface area contributed by atoms with Crippen LogP contribution in [0.3, 0.4) is 0 Å². The number of nitrogens with one attached hydrogen (secondary N) is 1. The van der Waals surface area contributed by atoms with Crippen molar-refractivity contribution in [2.45, 2.75) is 45.4 Å². The van der Waals surface area contributed by atoms with E-state index in [4.69, 9.17) is 0 Å². The van der Waals surface area contributed by atoms with Crippen LogP contribution in [0.15, 0.2) is 36.4 Å². The van der Waals surface area contributed by atoms with Crippen LogP contribution in [0, 0.1) is 0 Å². The number of anilines is 2. The minimum atomic E-state index is -0.227. The van der Waals surface area contributed by atoms with E-state index in [1.54, 1.807) is 6.07 Å². The first-order valence-corrected chi connectivity index (χ1v) is 8.95. The smallest absolute Gasteiger partial charge is 0.276 e. The number of amides is 1. The lowest BCUT2D eigenvalue weighted by Gasteiger charge is -2.27. The van der Waals surface area contributed by atoms with E-state index in [0.717, 1.165) is 30.2 Å². The Morgan fingerprint density at radius 3 is 2.36 bits per heavy atom. The molecule has 0 saturated carbocycles. The van der Waals surface area contributed by atoms with Gasteiger partial charge in [0.25, 0.3) is 5.91 Å². The van der Waals surface area contributed by atoms with Gasteiger partial charge in [0, 0.05) is 18.8 Å². The van der Waals surface area contributed by atoms with E-state index in [1.165, 1.54) is 19.3 Å². The molecule has 2 heterocycles. The van der Waals surface area contributed by atoms with Gasteiger partial charge in [0.05, 0.1) is 0 Å². The van der Waals surface area contributed by atoms with E-state index in [1.807, 2.05) is 30.3 Å². The number of hydrogen-bond donors (Lipinski definition) is 1. The highest BCUT2D eigenvalue weighted by molar-refractivity contribution is 6.03. The number of hydrogen-bond acceptors (Lipinski definition) is 4. The van der Waals surface area contributed by atoms with E-state index in [9.17, 15) is 4.79 Å². The van der Waals surface area contributed by atoms with Crippen LogP contribution < -0.4 is 10.2 Å². The normalized spacial score (nSPS) is 15.1. The van der Waals surface area contributed by atoms with Gasteiger partial charge in [0.2, 0.25) is 0 Å². The zero-order valence-electron chi connectivity index (χ0n) is 15.2. The van der Waals surface area contributed by atoms with Crippen molar-refractivity contribution in [2.75, 3.05) is 23.3 Å². The second-order valence-electron chi connectivity index (χ2n) is 7.57. The second-order valence-corrected chi connectivity index (χ2v) is 7.57. The predicted octanol–water partition coefficient (Wildman–Crippen LogP) is 4.02. The van der Waals surface area contributed by atoms with Crippen molar-refractivity contribution in [3.05, 3.63) is 47.7 Å². The van der Waals surface area contributed by atoms with E-state index >= 15 is 0 Å². The van der Waals surface area contributed by atoms with Gasteiger partial charge >= 0.3 is 0 Å². The zero-order chi connectivity index (χ0) is 17.9. The Bertz CT molecular complexity index is 728. The average Bonchev–Trinajstić information content (AvgIpc) is 2.62. The number of carbonyl (C=O) groups is 1. The van der Waals surface area contributed by atoms with Crippen LogP contribution in [0.2, 0.25) is 0 Å².